The zero-order chi connectivity index (χ0) is 9.97. The summed E-state index contributed by atoms with van der Waals surface area (Å²) in [6.07, 6.45) is 1.84. The number of rotatable bonds is 2. The molecule has 3 heteroatoms. The summed E-state index contributed by atoms with van der Waals surface area (Å²) in [5.74, 6) is 0.284. The molecule has 0 fully saturated rings. The standard InChI is InChI=1S/C11H10O2S/c12-11(13)10-6-9(7-14-10)8-4-2-1-3-5-8/h1-6,9H,7H2,(H,12,13). The van der Waals surface area contributed by atoms with Gasteiger partial charge < -0.3 is 5.11 Å². The molecule has 2 rings (SSSR count). The van der Waals surface area contributed by atoms with Crippen molar-refractivity contribution in [3.8, 4) is 0 Å². The molecule has 1 heterocycles. The van der Waals surface area contributed by atoms with E-state index in [1.807, 2.05) is 36.4 Å². The number of benzene rings is 1. The molecule has 0 saturated heterocycles. The lowest BCUT2D eigenvalue weighted by molar-refractivity contribution is -0.131. The van der Waals surface area contributed by atoms with Crippen molar-refractivity contribution >= 4 is 17.7 Å². The molecule has 1 aliphatic heterocycles. The lowest BCUT2D eigenvalue weighted by atomic mass is 10.0. The number of carboxylic acid groups (broad SMARTS) is 1. The summed E-state index contributed by atoms with van der Waals surface area (Å²) in [6.45, 7) is 0. The first kappa shape index (κ1) is 9.34. The van der Waals surface area contributed by atoms with Gasteiger partial charge in [-0.05, 0) is 5.56 Å². The average molecular weight is 206 g/mol. The summed E-state index contributed by atoms with van der Waals surface area (Å²) in [4.78, 5) is 11.2. The summed E-state index contributed by atoms with van der Waals surface area (Å²) >= 11 is 1.41. The van der Waals surface area contributed by atoms with Gasteiger partial charge in [0.2, 0.25) is 0 Å². The highest BCUT2D eigenvalue weighted by atomic mass is 32.2. The topological polar surface area (TPSA) is 37.3 Å². The number of carboxylic acids is 1. The molecule has 0 amide bonds. The van der Waals surface area contributed by atoms with Gasteiger partial charge in [-0.2, -0.15) is 0 Å². The van der Waals surface area contributed by atoms with Crippen LogP contribution in [0.5, 0.6) is 0 Å². The van der Waals surface area contributed by atoms with Crippen LogP contribution in [0.2, 0.25) is 0 Å². The third kappa shape index (κ3) is 1.82. The van der Waals surface area contributed by atoms with E-state index in [-0.39, 0.29) is 5.92 Å². The monoisotopic (exact) mass is 206 g/mol. The molecule has 1 atom stereocenters. The van der Waals surface area contributed by atoms with Gasteiger partial charge in [0, 0.05) is 11.7 Å². The van der Waals surface area contributed by atoms with Crippen LogP contribution in [0.1, 0.15) is 11.5 Å². The molecule has 0 aliphatic carbocycles. The Morgan fingerprint density at radius 3 is 2.64 bits per heavy atom. The quantitative estimate of drug-likeness (QED) is 0.807. The summed E-state index contributed by atoms with van der Waals surface area (Å²) in [7, 11) is 0. The van der Waals surface area contributed by atoms with Gasteiger partial charge in [-0.15, -0.1) is 11.8 Å². The first-order valence-corrected chi connectivity index (χ1v) is 5.39. The average Bonchev–Trinajstić information content (AvgIpc) is 2.68. The molecule has 1 aliphatic rings. The second-order valence-corrected chi connectivity index (χ2v) is 4.23. The number of aliphatic carboxylic acids is 1. The Morgan fingerprint density at radius 1 is 1.36 bits per heavy atom. The summed E-state index contributed by atoms with van der Waals surface area (Å²) in [6, 6.07) is 9.99. The van der Waals surface area contributed by atoms with Crippen LogP contribution >= 0.6 is 11.8 Å². The van der Waals surface area contributed by atoms with Crippen molar-refractivity contribution < 1.29 is 9.90 Å². The van der Waals surface area contributed by atoms with Gasteiger partial charge in [0.15, 0.2) is 0 Å². The molecule has 0 saturated carbocycles. The van der Waals surface area contributed by atoms with Crippen LogP contribution in [0.4, 0.5) is 0 Å². The first-order chi connectivity index (χ1) is 6.77. The van der Waals surface area contributed by atoms with E-state index in [0.29, 0.717) is 4.91 Å². The van der Waals surface area contributed by atoms with E-state index in [1.54, 1.807) is 0 Å². The Kier molecular flexibility index (Phi) is 2.59. The third-order valence-corrected chi connectivity index (χ3v) is 3.36. The van der Waals surface area contributed by atoms with Gasteiger partial charge in [0.1, 0.15) is 0 Å². The van der Waals surface area contributed by atoms with Crippen LogP contribution in [-0.2, 0) is 4.79 Å². The number of hydrogen-bond acceptors (Lipinski definition) is 2. The fourth-order valence-electron chi connectivity index (χ4n) is 1.48. The Balaban J connectivity index is 2.20. The van der Waals surface area contributed by atoms with Gasteiger partial charge >= 0.3 is 5.97 Å². The second kappa shape index (κ2) is 3.88. The summed E-state index contributed by atoms with van der Waals surface area (Å²) in [5, 5.41) is 8.79. The zero-order valence-corrected chi connectivity index (χ0v) is 8.33. The third-order valence-electron chi connectivity index (χ3n) is 2.21. The molecule has 1 N–H and O–H groups in total. The molecule has 14 heavy (non-hydrogen) atoms. The van der Waals surface area contributed by atoms with Gasteiger partial charge in [0.25, 0.3) is 0 Å². The van der Waals surface area contributed by atoms with E-state index in [4.69, 9.17) is 5.11 Å². The largest absolute Gasteiger partial charge is 0.477 e. The van der Waals surface area contributed by atoms with Crippen LogP contribution in [0.3, 0.4) is 0 Å². The van der Waals surface area contributed by atoms with Gasteiger partial charge in [-0.3, -0.25) is 0 Å². The molecule has 1 aromatic carbocycles. The van der Waals surface area contributed by atoms with Crippen LogP contribution in [-0.4, -0.2) is 16.8 Å². The smallest absolute Gasteiger partial charge is 0.341 e. The van der Waals surface area contributed by atoms with Crippen molar-refractivity contribution in [1.82, 2.24) is 0 Å². The van der Waals surface area contributed by atoms with E-state index < -0.39 is 5.97 Å². The molecular weight excluding hydrogens is 196 g/mol. The lowest BCUT2D eigenvalue weighted by Gasteiger charge is -2.04. The minimum atomic E-state index is -0.812. The van der Waals surface area contributed by atoms with Crippen LogP contribution in [0.25, 0.3) is 0 Å². The molecule has 0 aromatic heterocycles. The Morgan fingerprint density at radius 2 is 2.07 bits per heavy atom. The minimum Gasteiger partial charge on any atom is -0.477 e. The molecule has 1 aromatic rings. The van der Waals surface area contributed by atoms with Crippen molar-refractivity contribution in [3.05, 3.63) is 46.9 Å². The van der Waals surface area contributed by atoms with Crippen LogP contribution in [0, 0.1) is 0 Å². The second-order valence-electron chi connectivity index (χ2n) is 3.16. The predicted octanol–water partition coefficient (Wildman–Crippen LogP) is 2.49. The summed E-state index contributed by atoms with van der Waals surface area (Å²) in [5.41, 5.74) is 1.19. The van der Waals surface area contributed by atoms with Crippen molar-refractivity contribution in [2.45, 2.75) is 5.92 Å². The predicted molar refractivity (Wildman–Crippen MR) is 57.4 cm³/mol. The molecule has 1 unspecified atom stereocenters. The Bertz CT molecular complexity index is 370. The summed E-state index contributed by atoms with van der Waals surface area (Å²) < 4.78 is 0. The number of carbonyl (C=O) groups is 1. The number of hydrogen-bond donors (Lipinski definition) is 1. The van der Waals surface area contributed by atoms with E-state index in [9.17, 15) is 4.79 Å². The van der Waals surface area contributed by atoms with Crippen molar-refractivity contribution in [3.63, 3.8) is 0 Å². The van der Waals surface area contributed by atoms with Gasteiger partial charge in [0.05, 0.1) is 4.91 Å². The Hall–Kier alpha value is -1.22. The highest BCUT2D eigenvalue weighted by Gasteiger charge is 2.21. The van der Waals surface area contributed by atoms with Crippen molar-refractivity contribution in [1.29, 1.82) is 0 Å². The fourth-order valence-corrected chi connectivity index (χ4v) is 2.52. The van der Waals surface area contributed by atoms with Crippen LogP contribution in [0.15, 0.2) is 41.3 Å². The normalized spacial score (nSPS) is 20.6. The van der Waals surface area contributed by atoms with E-state index >= 15 is 0 Å². The van der Waals surface area contributed by atoms with Crippen LogP contribution < -0.4 is 0 Å². The molecule has 2 nitrogen and oxygen atoms in total. The molecule has 0 radical (unpaired) electrons. The maximum atomic E-state index is 10.7. The molecular formula is C11H10O2S. The van der Waals surface area contributed by atoms with Gasteiger partial charge in [-0.1, -0.05) is 36.4 Å². The maximum absolute atomic E-state index is 10.7. The van der Waals surface area contributed by atoms with E-state index in [2.05, 4.69) is 0 Å². The van der Waals surface area contributed by atoms with Gasteiger partial charge in [-0.25, -0.2) is 4.79 Å². The van der Waals surface area contributed by atoms with Crippen molar-refractivity contribution in [2.75, 3.05) is 5.75 Å². The Labute approximate surface area is 86.6 Å². The van der Waals surface area contributed by atoms with E-state index in [1.165, 1.54) is 17.3 Å². The highest BCUT2D eigenvalue weighted by molar-refractivity contribution is 8.04. The molecule has 72 valence electrons. The highest BCUT2D eigenvalue weighted by Crippen LogP contribution is 2.35. The minimum absolute atomic E-state index is 0.257. The molecule has 0 spiro atoms. The lowest BCUT2D eigenvalue weighted by Crippen LogP contribution is -1.94. The fraction of sp³-hybridized carbons (Fsp3) is 0.182. The molecule has 0 bridgehead atoms. The van der Waals surface area contributed by atoms with E-state index in [0.717, 1.165) is 5.75 Å². The van der Waals surface area contributed by atoms with Crippen molar-refractivity contribution in [2.24, 2.45) is 0 Å². The zero-order valence-electron chi connectivity index (χ0n) is 7.51. The SMILES string of the molecule is O=C(O)C1=CC(c2ccccc2)CS1. The maximum Gasteiger partial charge on any atom is 0.341 e. The number of thioether (sulfide) groups is 1. The number of allylic oxidation sites excluding steroid dienone is 1. The first-order valence-electron chi connectivity index (χ1n) is 4.40.